The highest BCUT2D eigenvalue weighted by Crippen LogP contribution is 2.32. The van der Waals surface area contributed by atoms with Crippen molar-refractivity contribution in [3.05, 3.63) is 38.9 Å². The van der Waals surface area contributed by atoms with Crippen LogP contribution in [0.25, 0.3) is 0 Å². The van der Waals surface area contributed by atoms with Crippen LogP contribution in [0.2, 0.25) is 5.02 Å². The maximum atomic E-state index is 11.9. The van der Waals surface area contributed by atoms with Gasteiger partial charge in [0.15, 0.2) is 0 Å². The summed E-state index contributed by atoms with van der Waals surface area (Å²) in [6.07, 6.45) is 0.763. The molecular weight excluding hydrogens is 294 g/mol. The van der Waals surface area contributed by atoms with E-state index in [1.807, 2.05) is 6.92 Å². The average Bonchev–Trinajstić information content (AvgIpc) is 2.82. The van der Waals surface area contributed by atoms with Crippen molar-refractivity contribution in [2.45, 2.75) is 19.9 Å². The zero-order valence-electron chi connectivity index (χ0n) is 12.1. The number of likely N-dealkylation sites (tertiary alicyclic amines) is 1. The molecule has 1 unspecified atom stereocenters. The van der Waals surface area contributed by atoms with E-state index in [4.69, 9.17) is 11.6 Å². The molecule has 21 heavy (non-hydrogen) atoms. The number of amides is 1. The maximum absolute atomic E-state index is 11.9. The molecule has 1 aromatic carbocycles. The molecule has 1 fully saturated rings. The molecule has 1 N–H and O–H groups in total. The highest BCUT2D eigenvalue weighted by molar-refractivity contribution is 6.31. The number of rotatable bonds is 4. The van der Waals surface area contributed by atoms with Crippen molar-refractivity contribution in [3.8, 4) is 0 Å². The minimum atomic E-state index is -0.432. The third-order valence-electron chi connectivity index (χ3n) is 3.96. The quantitative estimate of drug-likeness (QED) is 0.683. The van der Waals surface area contributed by atoms with Gasteiger partial charge in [-0.3, -0.25) is 19.8 Å². The lowest BCUT2D eigenvalue weighted by atomic mass is 9.89. The molecule has 0 spiro atoms. The Kier molecular flexibility index (Phi) is 4.49. The second kappa shape index (κ2) is 5.99. The Morgan fingerprint density at radius 1 is 1.57 bits per heavy atom. The number of hydrogen-bond donors (Lipinski definition) is 1. The third kappa shape index (κ3) is 3.33. The number of benzene rings is 1. The van der Waals surface area contributed by atoms with Gasteiger partial charge < -0.3 is 5.32 Å². The number of nitro groups is 1. The number of nitrogens with one attached hydrogen (secondary N) is 1. The van der Waals surface area contributed by atoms with Gasteiger partial charge in [0.1, 0.15) is 0 Å². The summed E-state index contributed by atoms with van der Waals surface area (Å²) in [5.74, 6) is 0.0233. The second-order valence-electron chi connectivity index (χ2n) is 5.63. The molecule has 0 saturated carbocycles. The molecule has 1 amide bonds. The van der Waals surface area contributed by atoms with Gasteiger partial charge in [-0.05, 0) is 31.5 Å². The van der Waals surface area contributed by atoms with Gasteiger partial charge in [-0.1, -0.05) is 11.6 Å². The largest absolute Gasteiger partial charge is 0.359 e. The van der Waals surface area contributed by atoms with E-state index in [1.165, 1.54) is 12.1 Å². The molecule has 0 aromatic heterocycles. The Morgan fingerprint density at radius 2 is 2.29 bits per heavy atom. The number of carbonyl (C=O) groups is 1. The van der Waals surface area contributed by atoms with E-state index in [1.54, 1.807) is 13.1 Å². The van der Waals surface area contributed by atoms with Crippen LogP contribution in [0.4, 0.5) is 5.69 Å². The molecule has 1 aliphatic heterocycles. The number of carbonyl (C=O) groups excluding carboxylic acids is 1. The molecular formula is C14H18ClN3O3. The smallest absolute Gasteiger partial charge is 0.269 e. The van der Waals surface area contributed by atoms with E-state index in [9.17, 15) is 14.9 Å². The van der Waals surface area contributed by atoms with Crippen LogP contribution in [-0.4, -0.2) is 35.9 Å². The van der Waals surface area contributed by atoms with Crippen LogP contribution >= 0.6 is 11.6 Å². The van der Waals surface area contributed by atoms with E-state index in [-0.39, 0.29) is 11.6 Å². The van der Waals surface area contributed by atoms with Crippen LogP contribution in [0.5, 0.6) is 0 Å². The van der Waals surface area contributed by atoms with Crippen LogP contribution in [0, 0.1) is 15.5 Å². The second-order valence-corrected chi connectivity index (χ2v) is 6.04. The Balaban J connectivity index is 2.12. The summed E-state index contributed by atoms with van der Waals surface area (Å²) in [4.78, 5) is 24.4. The number of hydrogen-bond acceptors (Lipinski definition) is 4. The summed E-state index contributed by atoms with van der Waals surface area (Å²) in [5, 5.41) is 14.0. The number of halogens is 1. The highest BCUT2D eigenvalue weighted by atomic mass is 35.5. The first-order valence-corrected chi connectivity index (χ1v) is 7.11. The summed E-state index contributed by atoms with van der Waals surface area (Å²) in [6.45, 7) is 3.82. The molecule has 7 heteroatoms. The Bertz CT molecular complexity index is 579. The van der Waals surface area contributed by atoms with Crippen molar-refractivity contribution in [2.24, 2.45) is 5.41 Å². The van der Waals surface area contributed by atoms with Crippen LogP contribution < -0.4 is 5.32 Å². The van der Waals surface area contributed by atoms with Crippen molar-refractivity contribution in [1.82, 2.24) is 10.2 Å². The number of nitrogens with zero attached hydrogens (tertiary/aromatic N) is 2. The monoisotopic (exact) mass is 311 g/mol. The Labute approximate surface area is 128 Å². The molecule has 6 nitrogen and oxygen atoms in total. The SMILES string of the molecule is CNC(=O)C1(C)CCN(Cc2cc([N+](=O)[O-])ccc2Cl)C1. The van der Waals surface area contributed by atoms with Crippen LogP contribution in [0.3, 0.4) is 0 Å². The predicted octanol–water partition coefficient (Wildman–Crippen LogP) is 2.21. The van der Waals surface area contributed by atoms with Gasteiger partial charge >= 0.3 is 0 Å². The molecule has 1 aromatic rings. The van der Waals surface area contributed by atoms with Gasteiger partial charge in [-0.2, -0.15) is 0 Å². The summed E-state index contributed by atoms with van der Waals surface area (Å²) >= 11 is 6.11. The lowest BCUT2D eigenvalue weighted by molar-refractivity contribution is -0.384. The molecule has 1 aliphatic rings. The van der Waals surface area contributed by atoms with Crippen molar-refractivity contribution in [1.29, 1.82) is 0 Å². The summed E-state index contributed by atoms with van der Waals surface area (Å²) < 4.78 is 0. The Morgan fingerprint density at radius 3 is 2.90 bits per heavy atom. The topological polar surface area (TPSA) is 75.5 Å². The van der Waals surface area contributed by atoms with Crippen molar-refractivity contribution in [2.75, 3.05) is 20.1 Å². The fourth-order valence-corrected chi connectivity index (χ4v) is 2.89. The van der Waals surface area contributed by atoms with E-state index < -0.39 is 10.3 Å². The van der Waals surface area contributed by atoms with Crippen molar-refractivity contribution in [3.63, 3.8) is 0 Å². The van der Waals surface area contributed by atoms with E-state index in [0.29, 0.717) is 23.7 Å². The number of non-ortho nitro benzene ring substituents is 1. The van der Waals surface area contributed by atoms with Crippen LogP contribution in [0.15, 0.2) is 18.2 Å². The lowest BCUT2D eigenvalue weighted by Gasteiger charge is -2.23. The van der Waals surface area contributed by atoms with E-state index >= 15 is 0 Å². The summed E-state index contributed by atoms with van der Waals surface area (Å²) in [5.41, 5.74) is 0.330. The molecule has 0 aliphatic carbocycles. The van der Waals surface area contributed by atoms with Gasteiger partial charge in [0.05, 0.1) is 10.3 Å². The van der Waals surface area contributed by atoms with E-state index in [0.717, 1.165) is 13.0 Å². The first-order valence-electron chi connectivity index (χ1n) is 6.73. The minimum absolute atomic E-state index is 0.0233. The molecule has 1 heterocycles. The van der Waals surface area contributed by atoms with Gasteiger partial charge in [-0.25, -0.2) is 0 Å². The molecule has 1 atom stereocenters. The predicted molar refractivity (Wildman–Crippen MR) is 80.2 cm³/mol. The van der Waals surface area contributed by atoms with E-state index in [2.05, 4.69) is 10.2 Å². The zero-order chi connectivity index (χ0) is 15.6. The van der Waals surface area contributed by atoms with Gasteiger partial charge in [0, 0.05) is 37.3 Å². The van der Waals surface area contributed by atoms with Crippen LogP contribution in [0.1, 0.15) is 18.9 Å². The average molecular weight is 312 g/mol. The van der Waals surface area contributed by atoms with Gasteiger partial charge in [-0.15, -0.1) is 0 Å². The first kappa shape index (κ1) is 15.7. The fourth-order valence-electron chi connectivity index (χ4n) is 2.72. The normalized spacial score (nSPS) is 22.2. The van der Waals surface area contributed by atoms with Gasteiger partial charge in [0.25, 0.3) is 5.69 Å². The third-order valence-corrected chi connectivity index (χ3v) is 4.33. The highest BCUT2D eigenvalue weighted by Gasteiger charge is 2.39. The molecule has 0 bridgehead atoms. The summed E-state index contributed by atoms with van der Waals surface area (Å²) in [7, 11) is 1.63. The zero-order valence-corrected chi connectivity index (χ0v) is 12.8. The first-order chi connectivity index (χ1) is 9.85. The summed E-state index contributed by atoms with van der Waals surface area (Å²) in [6, 6.07) is 4.44. The van der Waals surface area contributed by atoms with Crippen molar-refractivity contribution >= 4 is 23.2 Å². The fraction of sp³-hybridized carbons (Fsp3) is 0.500. The molecule has 1 saturated heterocycles. The lowest BCUT2D eigenvalue weighted by Crippen LogP contribution is -2.39. The number of nitro benzene ring substituents is 1. The van der Waals surface area contributed by atoms with Crippen molar-refractivity contribution < 1.29 is 9.72 Å². The van der Waals surface area contributed by atoms with Crippen LogP contribution in [-0.2, 0) is 11.3 Å². The molecule has 114 valence electrons. The Hall–Kier alpha value is -1.66. The molecule has 2 rings (SSSR count). The molecule has 0 radical (unpaired) electrons. The van der Waals surface area contributed by atoms with Gasteiger partial charge in [0.2, 0.25) is 5.91 Å². The maximum Gasteiger partial charge on any atom is 0.269 e. The standard InChI is InChI=1S/C14H18ClN3O3/c1-14(13(19)16-2)5-6-17(9-14)8-10-7-11(18(20)21)3-4-12(10)15/h3-4,7H,5-6,8-9H2,1-2H3,(H,16,19). The minimum Gasteiger partial charge on any atom is -0.359 e.